The summed E-state index contributed by atoms with van der Waals surface area (Å²) in [6.07, 6.45) is 8.55. The molecule has 2 aromatic rings. The molecular weight excluding hydrogens is 330 g/mol. The van der Waals surface area contributed by atoms with Crippen molar-refractivity contribution in [1.29, 1.82) is 0 Å². The summed E-state index contributed by atoms with van der Waals surface area (Å²) in [5.74, 6) is 0.643. The van der Waals surface area contributed by atoms with Crippen LogP contribution in [0, 0.1) is 6.92 Å². The summed E-state index contributed by atoms with van der Waals surface area (Å²) in [6.45, 7) is 6.42. The fourth-order valence-electron chi connectivity index (χ4n) is 2.57. The first-order valence-corrected chi connectivity index (χ1v) is 8.94. The van der Waals surface area contributed by atoms with Crippen molar-refractivity contribution in [2.75, 3.05) is 13.7 Å². The van der Waals surface area contributed by atoms with E-state index in [0.717, 1.165) is 42.0 Å². The quantitative estimate of drug-likeness (QED) is 0.741. The number of aromatic nitrogens is 2. The monoisotopic (exact) mass is 357 g/mol. The van der Waals surface area contributed by atoms with Gasteiger partial charge in [0.25, 0.3) is 5.91 Å². The van der Waals surface area contributed by atoms with Crippen LogP contribution in [0.5, 0.6) is 0 Å². The second-order valence-corrected chi connectivity index (χ2v) is 6.34. The number of nitrogens with one attached hydrogen (secondary N) is 1. The molecule has 2 rings (SSSR count). The molecule has 0 spiro atoms. The number of nitrogens with zero attached hydrogens (tertiary/aromatic N) is 2. The highest BCUT2D eigenvalue weighted by molar-refractivity contribution is 5.94. The van der Waals surface area contributed by atoms with E-state index >= 15 is 0 Å². The molecule has 6 nitrogen and oxygen atoms in total. The van der Waals surface area contributed by atoms with Gasteiger partial charge in [-0.2, -0.15) is 0 Å². The highest BCUT2D eigenvalue weighted by Gasteiger charge is 2.11. The molecule has 0 fully saturated rings. The van der Waals surface area contributed by atoms with Gasteiger partial charge in [-0.25, -0.2) is 0 Å². The maximum atomic E-state index is 12.1. The van der Waals surface area contributed by atoms with Crippen LogP contribution < -0.4 is 5.32 Å². The maximum absolute atomic E-state index is 12.1. The Labute approximate surface area is 154 Å². The topological polar surface area (TPSA) is 77.2 Å². The summed E-state index contributed by atoms with van der Waals surface area (Å²) in [7, 11) is 1.61. The van der Waals surface area contributed by atoms with Gasteiger partial charge in [0.2, 0.25) is 0 Å². The summed E-state index contributed by atoms with van der Waals surface area (Å²) in [6, 6.07) is 3.53. The highest BCUT2D eigenvalue weighted by atomic mass is 16.5. The second kappa shape index (κ2) is 9.87. The molecule has 0 aliphatic heterocycles. The molecule has 6 heteroatoms. The zero-order chi connectivity index (χ0) is 18.9. The van der Waals surface area contributed by atoms with E-state index in [1.54, 1.807) is 19.4 Å². The Balaban J connectivity index is 2.04. The van der Waals surface area contributed by atoms with E-state index in [0.29, 0.717) is 12.2 Å². The first-order chi connectivity index (χ1) is 12.5. The zero-order valence-electron chi connectivity index (χ0n) is 15.9. The summed E-state index contributed by atoms with van der Waals surface area (Å²) in [4.78, 5) is 16.5. The van der Waals surface area contributed by atoms with Crippen LogP contribution in [0.25, 0.3) is 12.2 Å². The molecule has 0 aliphatic carbocycles. The summed E-state index contributed by atoms with van der Waals surface area (Å²) >= 11 is 0. The van der Waals surface area contributed by atoms with Gasteiger partial charge in [-0.3, -0.25) is 9.78 Å². The van der Waals surface area contributed by atoms with Gasteiger partial charge in [-0.15, -0.1) is 0 Å². The van der Waals surface area contributed by atoms with Crippen molar-refractivity contribution < 1.29 is 14.1 Å². The molecule has 0 aromatic carbocycles. The van der Waals surface area contributed by atoms with Crippen LogP contribution in [0.15, 0.2) is 22.9 Å². The van der Waals surface area contributed by atoms with E-state index in [2.05, 4.69) is 22.4 Å². The summed E-state index contributed by atoms with van der Waals surface area (Å²) in [5, 5.41) is 7.00. The molecule has 1 amide bonds. The van der Waals surface area contributed by atoms with Crippen LogP contribution >= 0.6 is 0 Å². The smallest absolute Gasteiger partial charge is 0.253 e. The van der Waals surface area contributed by atoms with E-state index in [9.17, 15) is 4.79 Å². The maximum Gasteiger partial charge on any atom is 0.253 e. The number of rotatable bonds is 9. The third-order valence-electron chi connectivity index (χ3n) is 4.01. The largest absolute Gasteiger partial charge is 0.383 e. The van der Waals surface area contributed by atoms with Crippen molar-refractivity contribution in [3.63, 3.8) is 0 Å². The fraction of sp³-hybridized carbons (Fsp3) is 0.450. The van der Waals surface area contributed by atoms with Crippen LogP contribution in [0.1, 0.15) is 59.8 Å². The van der Waals surface area contributed by atoms with E-state index < -0.39 is 0 Å². The molecule has 0 unspecified atom stereocenters. The molecule has 2 aromatic heterocycles. The first kappa shape index (κ1) is 19.8. The number of aryl methyl sites for hydroxylation is 2. The number of ether oxygens (including phenoxy) is 1. The van der Waals surface area contributed by atoms with Crippen molar-refractivity contribution in [1.82, 2.24) is 15.5 Å². The van der Waals surface area contributed by atoms with Gasteiger partial charge in [0.05, 0.1) is 23.6 Å². The lowest BCUT2D eigenvalue weighted by Crippen LogP contribution is -2.35. The molecule has 1 atom stereocenters. The van der Waals surface area contributed by atoms with Gasteiger partial charge >= 0.3 is 0 Å². The average Bonchev–Trinajstić information content (AvgIpc) is 2.98. The molecular formula is C20H27N3O3. The van der Waals surface area contributed by atoms with Gasteiger partial charge in [-0.05, 0) is 51.0 Å². The normalized spacial score (nSPS) is 12.5. The lowest BCUT2D eigenvalue weighted by molar-refractivity contribution is 0.0905. The standard InChI is InChI=1S/C20H27N3O3/c1-5-6-7-19-18(15(3)26-23-19)11-10-17-9-8-16(12-21-17)20(24)22-14(2)13-25-4/h8-12,14H,5-7,13H2,1-4H3,(H,22,24)/b11-10+/t14-/m1/s1. The van der Waals surface area contributed by atoms with Gasteiger partial charge in [0.1, 0.15) is 5.76 Å². The van der Waals surface area contributed by atoms with E-state index in [1.807, 2.05) is 32.1 Å². The van der Waals surface area contributed by atoms with Gasteiger partial charge < -0.3 is 14.6 Å². The molecule has 1 N–H and O–H groups in total. The Morgan fingerprint density at radius 2 is 2.19 bits per heavy atom. The number of methoxy groups -OCH3 is 1. The fourth-order valence-corrected chi connectivity index (χ4v) is 2.57. The minimum absolute atomic E-state index is 0.0508. The van der Waals surface area contributed by atoms with Gasteiger partial charge in [-0.1, -0.05) is 18.5 Å². The average molecular weight is 357 g/mol. The molecule has 0 saturated heterocycles. The zero-order valence-corrected chi connectivity index (χ0v) is 15.9. The van der Waals surface area contributed by atoms with Crippen LogP contribution in [-0.4, -0.2) is 35.8 Å². The Kier molecular flexibility index (Phi) is 7.53. The van der Waals surface area contributed by atoms with Crippen molar-refractivity contribution in [3.8, 4) is 0 Å². The van der Waals surface area contributed by atoms with Crippen LogP contribution in [0.4, 0.5) is 0 Å². The number of amides is 1. The number of pyridine rings is 1. The van der Waals surface area contributed by atoms with Gasteiger partial charge in [0.15, 0.2) is 0 Å². The van der Waals surface area contributed by atoms with Crippen LogP contribution in [0.2, 0.25) is 0 Å². The number of hydrogen-bond acceptors (Lipinski definition) is 5. The molecule has 0 radical (unpaired) electrons. The Bertz CT molecular complexity index is 735. The third kappa shape index (κ3) is 5.52. The third-order valence-corrected chi connectivity index (χ3v) is 4.01. The van der Waals surface area contributed by atoms with Crippen molar-refractivity contribution in [2.24, 2.45) is 0 Å². The molecule has 140 valence electrons. The second-order valence-electron chi connectivity index (χ2n) is 6.34. The molecule has 2 heterocycles. The SMILES string of the molecule is CCCCc1noc(C)c1/C=C/c1ccc(C(=O)N[C@H](C)COC)cn1. The molecule has 0 bridgehead atoms. The van der Waals surface area contributed by atoms with E-state index in [-0.39, 0.29) is 11.9 Å². The summed E-state index contributed by atoms with van der Waals surface area (Å²) < 4.78 is 10.3. The Morgan fingerprint density at radius 1 is 1.38 bits per heavy atom. The number of hydrogen-bond donors (Lipinski definition) is 1. The summed E-state index contributed by atoms with van der Waals surface area (Å²) in [5.41, 5.74) is 3.28. The van der Waals surface area contributed by atoms with Crippen molar-refractivity contribution in [2.45, 2.75) is 46.1 Å². The predicted molar refractivity (Wildman–Crippen MR) is 102 cm³/mol. The van der Waals surface area contributed by atoms with Gasteiger partial charge in [0, 0.05) is 24.9 Å². The van der Waals surface area contributed by atoms with Crippen molar-refractivity contribution >= 4 is 18.1 Å². The molecule has 0 aliphatic rings. The first-order valence-electron chi connectivity index (χ1n) is 8.94. The van der Waals surface area contributed by atoms with Crippen LogP contribution in [0.3, 0.4) is 0 Å². The minimum atomic E-state index is -0.158. The number of unbranched alkanes of at least 4 members (excludes halogenated alkanes) is 1. The molecule has 26 heavy (non-hydrogen) atoms. The lowest BCUT2D eigenvalue weighted by Gasteiger charge is -2.12. The Morgan fingerprint density at radius 3 is 2.85 bits per heavy atom. The number of carbonyl (C=O) groups excluding carboxylic acids is 1. The molecule has 0 saturated carbocycles. The number of carbonyl (C=O) groups is 1. The van der Waals surface area contributed by atoms with Crippen LogP contribution in [-0.2, 0) is 11.2 Å². The lowest BCUT2D eigenvalue weighted by atomic mass is 10.1. The van der Waals surface area contributed by atoms with E-state index in [4.69, 9.17) is 9.26 Å². The minimum Gasteiger partial charge on any atom is -0.383 e. The van der Waals surface area contributed by atoms with Crippen molar-refractivity contribution in [3.05, 3.63) is 46.6 Å². The predicted octanol–water partition coefficient (Wildman–Crippen LogP) is 3.66. The van der Waals surface area contributed by atoms with E-state index in [1.165, 1.54) is 0 Å². The highest BCUT2D eigenvalue weighted by Crippen LogP contribution is 2.18. The Hall–Kier alpha value is -2.47.